The standard InChI is InChI=1S/C16H22ClN2O9P/c1-9(2)26-12(21)5-7-24-29(23)25-8-10-13(28-29)16(3,17)14(27-10)19-6-4-11(20)18-15(19)22/h4,6,9-10,13-14H,5,7-8H2,1-3H3,(H,18,20,22)/t10-,13-,14-,16-,29+/m1/s1. The molecular weight excluding hydrogens is 431 g/mol. The molecule has 2 fully saturated rings. The summed E-state index contributed by atoms with van der Waals surface area (Å²) in [7, 11) is -4.01. The Balaban J connectivity index is 1.69. The molecule has 3 rings (SSSR count). The molecule has 5 atom stereocenters. The summed E-state index contributed by atoms with van der Waals surface area (Å²) in [6, 6.07) is 1.15. The Bertz CT molecular complexity index is 927. The Kier molecular flexibility index (Phi) is 6.38. The maximum Gasteiger partial charge on any atom is 0.475 e. The van der Waals surface area contributed by atoms with Crippen LogP contribution in [0.25, 0.3) is 0 Å². The summed E-state index contributed by atoms with van der Waals surface area (Å²) >= 11 is 6.61. The zero-order valence-electron chi connectivity index (χ0n) is 16.0. The second kappa shape index (κ2) is 8.33. The van der Waals surface area contributed by atoms with E-state index in [9.17, 15) is 18.9 Å². The summed E-state index contributed by atoms with van der Waals surface area (Å²) in [6.07, 6.45) is -1.83. The zero-order chi connectivity index (χ0) is 21.4. The summed E-state index contributed by atoms with van der Waals surface area (Å²) in [5.74, 6) is -0.509. The van der Waals surface area contributed by atoms with Gasteiger partial charge in [0.15, 0.2) is 6.23 Å². The molecule has 0 unspecified atom stereocenters. The Morgan fingerprint density at radius 2 is 2.21 bits per heavy atom. The van der Waals surface area contributed by atoms with E-state index in [0.717, 1.165) is 10.6 Å². The molecule has 0 aliphatic carbocycles. The first-order chi connectivity index (χ1) is 13.5. The number of phosphoric acid groups is 1. The number of hydrogen-bond acceptors (Lipinski definition) is 9. The van der Waals surface area contributed by atoms with Gasteiger partial charge in [0.2, 0.25) is 0 Å². The maximum atomic E-state index is 12.8. The van der Waals surface area contributed by atoms with Crippen LogP contribution in [0.5, 0.6) is 0 Å². The molecule has 2 aliphatic heterocycles. The van der Waals surface area contributed by atoms with Crippen molar-refractivity contribution in [3.63, 3.8) is 0 Å². The number of hydrogen-bond donors (Lipinski definition) is 1. The summed E-state index contributed by atoms with van der Waals surface area (Å²) in [5.41, 5.74) is -1.27. The molecule has 0 bridgehead atoms. The van der Waals surface area contributed by atoms with Crippen LogP contribution < -0.4 is 11.2 Å². The van der Waals surface area contributed by atoms with Gasteiger partial charge in [0.1, 0.15) is 17.1 Å². The molecule has 1 N–H and O–H groups in total. The van der Waals surface area contributed by atoms with Crippen molar-refractivity contribution < 1.29 is 32.4 Å². The van der Waals surface area contributed by atoms with Crippen molar-refractivity contribution in [3.8, 4) is 0 Å². The van der Waals surface area contributed by atoms with Gasteiger partial charge in [-0.15, -0.1) is 11.6 Å². The highest BCUT2D eigenvalue weighted by atomic mass is 35.5. The molecule has 1 aromatic rings. The topological polar surface area (TPSA) is 135 Å². The van der Waals surface area contributed by atoms with Gasteiger partial charge in [0, 0.05) is 12.3 Å². The van der Waals surface area contributed by atoms with E-state index < -0.39 is 48.4 Å². The number of H-pyrrole nitrogens is 1. The van der Waals surface area contributed by atoms with Crippen molar-refractivity contribution in [2.75, 3.05) is 13.2 Å². The number of fused-ring (bicyclic) bond motifs is 1. The predicted octanol–water partition coefficient (Wildman–Crippen LogP) is 1.31. The van der Waals surface area contributed by atoms with Crippen LogP contribution in [0.3, 0.4) is 0 Å². The van der Waals surface area contributed by atoms with Gasteiger partial charge < -0.3 is 9.47 Å². The highest BCUT2D eigenvalue weighted by molar-refractivity contribution is 7.48. The van der Waals surface area contributed by atoms with E-state index >= 15 is 0 Å². The van der Waals surface area contributed by atoms with Gasteiger partial charge in [-0.05, 0) is 20.8 Å². The molecular formula is C16H22ClN2O9P. The molecule has 2 saturated heterocycles. The van der Waals surface area contributed by atoms with Crippen molar-refractivity contribution in [1.82, 2.24) is 9.55 Å². The molecule has 162 valence electrons. The summed E-state index contributed by atoms with van der Waals surface area (Å²) in [6.45, 7) is 4.58. The maximum absolute atomic E-state index is 12.8. The van der Waals surface area contributed by atoms with Crippen molar-refractivity contribution in [1.29, 1.82) is 0 Å². The number of carbonyl (C=O) groups is 1. The van der Waals surface area contributed by atoms with Gasteiger partial charge in [0.25, 0.3) is 5.56 Å². The molecule has 2 aliphatic rings. The molecule has 0 radical (unpaired) electrons. The molecule has 13 heteroatoms. The summed E-state index contributed by atoms with van der Waals surface area (Å²) < 4.78 is 40.5. The second-order valence-corrected chi connectivity index (χ2v) is 9.52. The molecule has 1 aromatic heterocycles. The number of halogens is 1. The number of phosphoric ester groups is 1. The number of ether oxygens (including phenoxy) is 2. The van der Waals surface area contributed by atoms with E-state index in [1.807, 2.05) is 0 Å². The number of alkyl halides is 1. The third-order valence-electron chi connectivity index (χ3n) is 4.35. The van der Waals surface area contributed by atoms with Crippen LogP contribution >= 0.6 is 19.4 Å². The van der Waals surface area contributed by atoms with Gasteiger partial charge in [-0.2, -0.15) is 0 Å². The number of nitrogens with zero attached hydrogens (tertiary/aromatic N) is 1. The lowest BCUT2D eigenvalue weighted by Gasteiger charge is -2.34. The van der Waals surface area contributed by atoms with Crippen LogP contribution in [0.15, 0.2) is 21.9 Å². The SMILES string of the molecule is CC(C)OC(=O)CCO[P@@]1(=O)OC[C@H]2O[C@@H](n3ccc(=O)[nH]c3=O)[C@](C)(Cl)[C@@H]2O1. The van der Waals surface area contributed by atoms with Crippen LogP contribution in [0.1, 0.15) is 33.4 Å². The van der Waals surface area contributed by atoms with Crippen molar-refractivity contribution in [2.45, 2.75) is 56.6 Å². The van der Waals surface area contributed by atoms with Crippen LogP contribution in [0.2, 0.25) is 0 Å². The number of aromatic nitrogens is 2. The van der Waals surface area contributed by atoms with Crippen LogP contribution in [0.4, 0.5) is 0 Å². The third-order valence-corrected chi connectivity index (χ3v) is 6.20. The second-order valence-electron chi connectivity index (χ2n) is 7.09. The van der Waals surface area contributed by atoms with E-state index in [1.54, 1.807) is 20.8 Å². The Hall–Kier alpha value is -1.49. The Labute approximate surface area is 170 Å². The van der Waals surface area contributed by atoms with Crippen molar-refractivity contribution in [3.05, 3.63) is 33.1 Å². The number of esters is 1. The van der Waals surface area contributed by atoms with E-state index in [2.05, 4.69) is 4.98 Å². The molecule has 11 nitrogen and oxygen atoms in total. The smallest absolute Gasteiger partial charge is 0.463 e. The van der Waals surface area contributed by atoms with Gasteiger partial charge in [-0.1, -0.05) is 0 Å². The van der Waals surface area contributed by atoms with Crippen LogP contribution in [-0.2, 0) is 32.4 Å². The minimum absolute atomic E-state index is 0.132. The van der Waals surface area contributed by atoms with Crippen LogP contribution in [-0.4, -0.2) is 51.9 Å². The average Bonchev–Trinajstić information content (AvgIpc) is 2.85. The normalized spacial score (nSPS) is 34.2. The largest absolute Gasteiger partial charge is 0.475 e. The number of aromatic amines is 1. The molecule has 0 saturated carbocycles. The fraction of sp³-hybridized carbons (Fsp3) is 0.688. The third kappa shape index (κ3) is 4.82. The fourth-order valence-electron chi connectivity index (χ4n) is 3.09. The van der Waals surface area contributed by atoms with Crippen LogP contribution in [0, 0.1) is 0 Å². The lowest BCUT2D eigenvalue weighted by Crippen LogP contribution is -2.45. The lowest BCUT2D eigenvalue weighted by atomic mass is 10.0. The molecule has 29 heavy (non-hydrogen) atoms. The molecule has 3 heterocycles. The minimum Gasteiger partial charge on any atom is -0.463 e. The highest BCUT2D eigenvalue weighted by Crippen LogP contribution is 2.59. The van der Waals surface area contributed by atoms with E-state index in [-0.39, 0.29) is 25.7 Å². The van der Waals surface area contributed by atoms with Gasteiger partial charge in [0.05, 0.1) is 25.7 Å². The quantitative estimate of drug-likeness (QED) is 0.385. The zero-order valence-corrected chi connectivity index (χ0v) is 17.7. The highest BCUT2D eigenvalue weighted by Gasteiger charge is 2.60. The monoisotopic (exact) mass is 452 g/mol. The molecule has 0 aromatic carbocycles. The lowest BCUT2D eigenvalue weighted by molar-refractivity contribution is -0.148. The Morgan fingerprint density at radius 1 is 1.48 bits per heavy atom. The van der Waals surface area contributed by atoms with Crippen molar-refractivity contribution >= 4 is 25.4 Å². The van der Waals surface area contributed by atoms with E-state index in [1.165, 1.54) is 6.20 Å². The molecule has 0 amide bonds. The minimum atomic E-state index is -4.01. The predicted molar refractivity (Wildman–Crippen MR) is 99.7 cm³/mol. The Morgan fingerprint density at radius 3 is 2.86 bits per heavy atom. The number of carbonyl (C=O) groups excluding carboxylic acids is 1. The van der Waals surface area contributed by atoms with Crippen molar-refractivity contribution in [2.24, 2.45) is 0 Å². The first-order valence-corrected chi connectivity index (χ1v) is 10.8. The van der Waals surface area contributed by atoms with Gasteiger partial charge >= 0.3 is 19.5 Å². The number of nitrogens with one attached hydrogen (secondary N) is 1. The average molecular weight is 453 g/mol. The first-order valence-electron chi connectivity index (χ1n) is 8.95. The fourth-order valence-corrected chi connectivity index (χ4v) is 4.96. The van der Waals surface area contributed by atoms with E-state index in [4.69, 9.17) is 34.6 Å². The van der Waals surface area contributed by atoms with E-state index in [0.29, 0.717) is 0 Å². The summed E-state index contributed by atoms with van der Waals surface area (Å²) in [5, 5.41) is 0. The van der Waals surface area contributed by atoms with Gasteiger partial charge in [-0.25, -0.2) is 9.36 Å². The number of rotatable bonds is 6. The molecule has 0 spiro atoms. The first kappa shape index (κ1) is 22.2. The van der Waals surface area contributed by atoms with Gasteiger partial charge in [-0.3, -0.25) is 32.7 Å². The summed E-state index contributed by atoms with van der Waals surface area (Å²) in [4.78, 5) is 35.8.